The van der Waals surface area contributed by atoms with Crippen molar-refractivity contribution in [1.82, 2.24) is 15.3 Å². The Morgan fingerprint density at radius 2 is 2.29 bits per heavy atom. The van der Waals surface area contributed by atoms with E-state index in [-0.39, 0.29) is 11.8 Å². The van der Waals surface area contributed by atoms with Crippen LogP contribution in [0, 0.1) is 5.92 Å². The van der Waals surface area contributed by atoms with E-state index in [9.17, 15) is 4.79 Å². The Morgan fingerprint density at radius 3 is 3.00 bits per heavy atom. The highest BCUT2D eigenvalue weighted by Crippen LogP contribution is 2.30. The number of nitrogens with zero attached hydrogens (tertiary/aromatic N) is 3. The van der Waals surface area contributed by atoms with Gasteiger partial charge in [-0.1, -0.05) is 18.3 Å². The SMILES string of the molecule is CCCNC(=O)C1CCN(c2nc3cccnc3s2)CC1. The summed E-state index contributed by atoms with van der Waals surface area (Å²) in [5, 5.41) is 4.02. The van der Waals surface area contributed by atoms with Gasteiger partial charge in [0.25, 0.3) is 0 Å². The number of rotatable bonds is 4. The Bertz CT molecular complexity index is 586. The minimum atomic E-state index is 0.153. The molecule has 2 aromatic rings. The van der Waals surface area contributed by atoms with Gasteiger partial charge in [0.15, 0.2) is 5.13 Å². The molecule has 0 bridgehead atoms. The van der Waals surface area contributed by atoms with Crippen LogP contribution in [0.1, 0.15) is 26.2 Å². The predicted molar refractivity (Wildman–Crippen MR) is 85.7 cm³/mol. The highest BCUT2D eigenvalue weighted by molar-refractivity contribution is 7.21. The largest absolute Gasteiger partial charge is 0.356 e. The van der Waals surface area contributed by atoms with Crippen LogP contribution in [-0.4, -0.2) is 35.5 Å². The summed E-state index contributed by atoms with van der Waals surface area (Å²) in [5.41, 5.74) is 0.959. The van der Waals surface area contributed by atoms with Crippen LogP contribution in [0.4, 0.5) is 5.13 Å². The number of anilines is 1. The Balaban J connectivity index is 1.61. The summed E-state index contributed by atoms with van der Waals surface area (Å²) in [6.07, 6.45) is 4.59. The molecular weight excluding hydrogens is 284 g/mol. The molecule has 3 rings (SSSR count). The minimum absolute atomic E-state index is 0.153. The molecule has 1 aliphatic heterocycles. The number of carbonyl (C=O) groups excluding carboxylic acids is 1. The van der Waals surface area contributed by atoms with Crippen molar-refractivity contribution >= 4 is 32.7 Å². The number of hydrogen-bond donors (Lipinski definition) is 1. The van der Waals surface area contributed by atoms with E-state index in [2.05, 4.69) is 27.1 Å². The monoisotopic (exact) mass is 304 g/mol. The van der Waals surface area contributed by atoms with Crippen LogP contribution in [0.25, 0.3) is 10.3 Å². The highest BCUT2D eigenvalue weighted by Gasteiger charge is 2.26. The summed E-state index contributed by atoms with van der Waals surface area (Å²) in [5.74, 6) is 0.364. The lowest BCUT2D eigenvalue weighted by Crippen LogP contribution is -2.40. The number of carbonyl (C=O) groups is 1. The van der Waals surface area contributed by atoms with Gasteiger partial charge in [-0.2, -0.15) is 0 Å². The molecule has 3 heterocycles. The first-order chi connectivity index (χ1) is 10.3. The molecule has 0 spiro atoms. The normalized spacial score (nSPS) is 16.3. The van der Waals surface area contributed by atoms with Crippen LogP contribution in [0.3, 0.4) is 0 Å². The maximum absolute atomic E-state index is 12.0. The molecule has 1 amide bonds. The van der Waals surface area contributed by atoms with E-state index >= 15 is 0 Å². The average Bonchev–Trinajstić information content (AvgIpc) is 2.96. The smallest absolute Gasteiger partial charge is 0.223 e. The third kappa shape index (κ3) is 3.15. The van der Waals surface area contributed by atoms with Gasteiger partial charge in [-0.05, 0) is 31.4 Å². The van der Waals surface area contributed by atoms with Crippen molar-refractivity contribution in [3.63, 3.8) is 0 Å². The van der Waals surface area contributed by atoms with Gasteiger partial charge in [-0.3, -0.25) is 4.79 Å². The van der Waals surface area contributed by atoms with Crippen LogP contribution in [0.15, 0.2) is 18.3 Å². The Kier molecular flexibility index (Phi) is 4.34. The fourth-order valence-corrected chi connectivity index (χ4v) is 3.58. The third-order valence-corrected chi connectivity index (χ3v) is 4.88. The van der Waals surface area contributed by atoms with Gasteiger partial charge in [-0.15, -0.1) is 0 Å². The second-order valence-electron chi connectivity index (χ2n) is 5.38. The van der Waals surface area contributed by atoms with Crippen molar-refractivity contribution in [2.24, 2.45) is 5.92 Å². The van der Waals surface area contributed by atoms with Gasteiger partial charge < -0.3 is 10.2 Å². The molecule has 0 aromatic carbocycles. The minimum Gasteiger partial charge on any atom is -0.356 e. The lowest BCUT2D eigenvalue weighted by Gasteiger charge is -2.30. The first kappa shape index (κ1) is 14.3. The van der Waals surface area contributed by atoms with Gasteiger partial charge >= 0.3 is 0 Å². The van der Waals surface area contributed by atoms with Crippen LogP contribution in [0.5, 0.6) is 0 Å². The standard InChI is InChI=1S/C15H20N4OS/c1-2-7-16-13(20)11-5-9-19(10-6-11)15-18-12-4-3-8-17-14(12)21-15/h3-4,8,11H,2,5-7,9-10H2,1H3,(H,16,20). The van der Waals surface area contributed by atoms with E-state index in [0.29, 0.717) is 0 Å². The number of thiazole rings is 1. The molecular formula is C15H20N4OS. The van der Waals surface area contributed by atoms with Gasteiger partial charge in [0.1, 0.15) is 10.3 Å². The second-order valence-corrected chi connectivity index (χ2v) is 6.33. The Hall–Kier alpha value is -1.69. The molecule has 6 heteroatoms. The molecule has 21 heavy (non-hydrogen) atoms. The van der Waals surface area contributed by atoms with Gasteiger partial charge in [0, 0.05) is 31.7 Å². The lowest BCUT2D eigenvalue weighted by molar-refractivity contribution is -0.125. The Labute approximate surface area is 128 Å². The fourth-order valence-electron chi connectivity index (χ4n) is 2.62. The van der Waals surface area contributed by atoms with E-state index < -0.39 is 0 Å². The van der Waals surface area contributed by atoms with Gasteiger partial charge in [0.05, 0.1) is 0 Å². The van der Waals surface area contributed by atoms with E-state index in [4.69, 9.17) is 0 Å². The van der Waals surface area contributed by atoms with Crippen molar-refractivity contribution in [3.05, 3.63) is 18.3 Å². The third-order valence-electron chi connectivity index (χ3n) is 3.84. The van der Waals surface area contributed by atoms with Crippen molar-refractivity contribution in [1.29, 1.82) is 0 Å². The summed E-state index contributed by atoms with van der Waals surface area (Å²) >= 11 is 1.63. The summed E-state index contributed by atoms with van der Waals surface area (Å²) in [6.45, 7) is 4.64. The number of pyridine rings is 1. The zero-order valence-electron chi connectivity index (χ0n) is 12.2. The lowest BCUT2D eigenvalue weighted by atomic mass is 9.96. The van der Waals surface area contributed by atoms with E-state index in [1.54, 1.807) is 17.5 Å². The molecule has 0 unspecified atom stereocenters. The van der Waals surface area contributed by atoms with Gasteiger partial charge in [-0.25, -0.2) is 9.97 Å². The summed E-state index contributed by atoms with van der Waals surface area (Å²) < 4.78 is 0. The molecule has 0 radical (unpaired) electrons. The first-order valence-electron chi connectivity index (χ1n) is 7.52. The molecule has 0 aliphatic carbocycles. The fraction of sp³-hybridized carbons (Fsp3) is 0.533. The average molecular weight is 304 g/mol. The summed E-state index contributed by atoms with van der Waals surface area (Å²) in [7, 11) is 0. The van der Waals surface area contributed by atoms with Crippen LogP contribution in [-0.2, 0) is 4.79 Å². The van der Waals surface area contributed by atoms with E-state index in [0.717, 1.165) is 54.4 Å². The number of nitrogens with one attached hydrogen (secondary N) is 1. The number of amides is 1. The first-order valence-corrected chi connectivity index (χ1v) is 8.34. The summed E-state index contributed by atoms with van der Waals surface area (Å²) in [6, 6.07) is 3.91. The van der Waals surface area contributed by atoms with Crippen molar-refractivity contribution in [2.75, 3.05) is 24.5 Å². The van der Waals surface area contributed by atoms with E-state index in [1.807, 2.05) is 12.1 Å². The summed E-state index contributed by atoms with van der Waals surface area (Å²) in [4.78, 5) is 24.2. The maximum atomic E-state index is 12.0. The maximum Gasteiger partial charge on any atom is 0.223 e. The molecule has 112 valence electrons. The van der Waals surface area contributed by atoms with E-state index in [1.165, 1.54) is 0 Å². The molecule has 1 aliphatic rings. The molecule has 0 saturated carbocycles. The molecule has 2 aromatic heterocycles. The zero-order valence-corrected chi connectivity index (χ0v) is 13.0. The quantitative estimate of drug-likeness (QED) is 0.942. The Morgan fingerprint density at radius 1 is 1.48 bits per heavy atom. The van der Waals surface area contributed by atoms with Crippen LogP contribution >= 0.6 is 11.3 Å². The topological polar surface area (TPSA) is 58.1 Å². The number of aromatic nitrogens is 2. The molecule has 1 N–H and O–H groups in total. The molecule has 0 atom stereocenters. The molecule has 1 fully saturated rings. The van der Waals surface area contributed by atoms with Crippen LogP contribution < -0.4 is 10.2 Å². The van der Waals surface area contributed by atoms with Crippen LogP contribution in [0.2, 0.25) is 0 Å². The highest BCUT2D eigenvalue weighted by atomic mass is 32.1. The van der Waals surface area contributed by atoms with Gasteiger partial charge in [0.2, 0.25) is 5.91 Å². The molecule has 5 nitrogen and oxygen atoms in total. The number of piperidine rings is 1. The zero-order chi connectivity index (χ0) is 14.7. The van der Waals surface area contributed by atoms with Crippen molar-refractivity contribution in [3.8, 4) is 0 Å². The number of fused-ring (bicyclic) bond motifs is 1. The van der Waals surface area contributed by atoms with Crippen molar-refractivity contribution in [2.45, 2.75) is 26.2 Å². The molecule has 1 saturated heterocycles. The number of hydrogen-bond acceptors (Lipinski definition) is 5. The van der Waals surface area contributed by atoms with Crippen molar-refractivity contribution < 1.29 is 4.79 Å². The predicted octanol–water partition coefficient (Wildman–Crippen LogP) is 2.43. The second kappa shape index (κ2) is 6.39.